The number of benzene rings is 1. The van der Waals surface area contributed by atoms with Gasteiger partial charge in [-0.2, -0.15) is 13.2 Å². The van der Waals surface area contributed by atoms with Crippen LogP contribution in [0.2, 0.25) is 0 Å². The molecule has 1 atom stereocenters. The van der Waals surface area contributed by atoms with Crippen molar-refractivity contribution in [2.24, 2.45) is 0 Å². The van der Waals surface area contributed by atoms with Crippen LogP contribution in [0.5, 0.6) is 0 Å². The van der Waals surface area contributed by atoms with E-state index in [2.05, 4.69) is 5.32 Å². The molecule has 17 heavy (non-hydrogen) atoms. The van der Waals surface area contributed by atoms with Crippen LogP contribution < -0.4 is 5.32 Å². The van der Waals surface area contributed by atoms with Crippen molar-refractivity contribution < 1.29 is 17.6 Å². The summed E-state index contributed by atoms with van der Waals surface area (Å²) in [7, 11) is 0. The Morgan fingerprint density at radius 2 is 1.88 bits per heavy atom. The Labute approximate surface area is 97.8 Å². The van der Waals surface area contributed by atoms with E-state index in [0.29, 0.717) is 6.42 Å². The van der Waals surface area contributed by atoms with Gasteiger partial charge in [-0.3, -0.25) is 0 Å². The highest BCUT2D eigenvalue weighted by Crippen LogP contribution is 2.38. The fourth-order valence-electron chi connectivity index (χ4n) is 1.54. The summed E-state index contributed by atoms with van der Waals surface area (Å²) in [6, 6.07) is 4.60. The molecule has 1 rings (SSSR count). The summed E-state index contributed by atoms with van der Waals surface area (Å²) in [6.07, 6.45) is -3.91. The number of alkyl halides is 3. The van der Waals surface area contributed by atoms with Crippen molar-refractivity contribution in [2.45, 2.75) is 32.0 Å². The second kappa shape index (κ2) is 5.04. The number of halogens is 4. The van der Waals surface area contributed by atoms with Crippen molar-refractivity contribution in [3.05, 3.63) is 35.6 Å². The normalized spacial score (nSPS) is 15.6. The zero-order chi connectivity index (χ0) is 13.1. The van der Waals surface area contributed by atoms with Gasteiger partial charge in [0.05, 0.1) is 0 Å². The van der Waals surface area contributed by atoms with Gasteiger partial charge in [0, 0.05) is 0 Å². The molecule has 1 unspecified atom stereocenters. The largest absolute Gasteiger partial charge is 0.410 e. The fraction of sp³-hybridized carbons (Fsp3) is 0.500. The van der Waals surface area contributed by atoms with Gasteiger partial charge in [-0.1, -0.05) is 19.1 Å². The summed E-state index contributed by atoms with van der Waals surface area (Å²) in [6.45, 7) is 3.01. The van der Waals surface area contributed by atoms with E-state index in [0.717, 1.165) is 19.1 Å². The van der Waals surface area contributed by atoms with Crippen LogP contribution in [0.25, 0.3) is 0 Å². The predicted octanol–water partition coefficient (Wildman–Crippen LogP) is 3.60. The van der Waals surface area contributed by atoms with E-state index in [-0.39, 0.29) is 12.1 Å². The quantitative estimate of drug-likeness (QED) is 0.804. The molecule has 0 saturated carbocycles. The number of hydrogen-bond donors (Lipinski definition) is 1. The third kappa shape index (κ3) is 2.97. The molecule has 0 fully saturated rings. The molecule has 5 heteroatoms. The average Bonchev–Trinajstić information content (AvgIpc) is 2.24. The lowest BCUT2D eigenvalue weighted by Crippen LogP contribution is -2.51. The first-order valence-electron chi connectivity index (χ1n) is 5.39. The molecule has 96 valence electrons. The van der Waals surface area contributed by atoms with E-state index in [1.165, 1.54) is 12.1 Å². The summed E-state index contributed by atoms with van der Waals surface area (Å²) in [5.74, 6) is -0.670. The first-order chi connectivity index (χ1) is 7.81. The van der Waals surface area contributed by atoms with Crippen molar-refractivity contribution in [2.75, 3.05) is 6.54 Å². The minimum Gasteiger partial charge on any atom is -0.300 e. The van der Waals surface area contributed by atoms with Crippen LogP contribution in [-0.4, -0.2) is 12.7 Å². The SMILES string of the molecule is CCCNC(C)(c1cccc(F)c1)C(F)(F)F. The van der Waals surface area contributed by atoms with E-state index in [1.54, 1.807) is 6.92 Å². The molecule has 0 saturated heterocycles. The fourth-order valence-corrected chi connectivity index (χ4v) is 1.54. The summed E-state index contributed by atoms with van der Waals surface area (Å²) in [4.78, 5) is 0. The molecular formula is C12H15F4N. The van der Waals surface area contributed by atoms with Crippen molar-refractivity contribution in [3.8, 4) is 0 Å². The van der Waals surface area contributed by atoms with Gasteiger partial charge in [0.15, 0.2) is 0 Å². The third-order valence-corrected chi connectivity index (χ3v) is 2.70. The standard InChI is InChI=1S/C12H15F4N/c1-3-7-17-11(2,12(14,15)16)9-5-4-6-10(13)8-9/h4-6,8,17H,3,7H2,1-2H3. The molecule has 1 aromatic rings. The van der Waals surface area contributed by atoms with Crippen LogP contribution in [0.3, 0.4) is 0 Å². The van der Waals surface area contributed by atoms with Crippen LogP contribution >= 0.6 is 0 Å². The van der Waals surface area contributed by atoms with Crippen molar-refractivity contribution in [1.82, 2.24) is 5.32 Å². The summed E-state index contributed by atoms with van der Waals surface area (Å²) in [5, 5.41) is 2.44. The summed E-state index contributed by atoms with van der Waals surface area (Å²) in [5.41, 5.74) is -2.33. The molecule has 0 spiro atoms. The van der Waals surface area contributed by atoms with E-state index < -0.39 is 17.5 Å². The van der Waals surface area contributed by atoms with Crippen molar-refractivity contribution in [1.29, 1.82) is 0 Å². The lowest BCUT2D eigenvalue weighted by atomic mass is 9.91. The van der Waals surface area contributed by atoms with Gasteiger partial charge in [-0.05, 0) is 37.6 Å². The maximum atomic E-state index is 13.1. The Bertz CT molecular complexity index is 375. The van der Waals surface area contributed by atoms with E-state index >= 15 is 0 Å². The maximum Gasteiger partial charge on any atom is 0.410 e. The Kier molecular flexibility index (Phi) is 4.14. The molecule has 0 bridgehead atoms. The Balaban J connectivity index is 3.14. The van der Waals surface area contributed by atoms with Crippen molar-refractivity contribution >= 4 is 0 Å². The van der Waals surface area contributed by atoms with Crippen LogP contribution in [0.15, 0.2) is 24.3 Å². The van der Waals surface area contributed by atoms with Gasteiger partial charge in [0.25, 0.3) is 0 Å². The minimum absolute atomic E-state index is 0.113. The Hall–Kier alpha value is -1.10. The third-order valence-electron chi connectivity index (χ3n) is 2.70. The van der Waals surface area contributed by atoms with Crippen LogP contribution in [0.4, 0.5) is 17.6 Å². The molecule has 0 aromatic heterocycles. The van der Waals surface area contributed by atoms with Crippen LogP contribution in [0.1, 0.15) is 25.8 Å². The summed E-state index contributed by atoms with van der Waals surface area (Å²) < 4.78 is 52.2. The summed E-state index contributed by atoms with van der Waals surface area (Å²) >= 11 is 0. The highest BCUT2D eigenvalue weighted by atomic mass is 19.4. The molecule has 0 amide bonds. The highest BCUT2D eigenvalue weighted by molar-refractivity contribution is 5.26. The Morgan fingerprint density at radius 1 is 1.24 bits per heavy atom. The minimum atomic E-state index is -4.48. The van der Waals surface area contributed by atoms with Gasteiger partial charge in [0.1, 0.15) is 11.4 Å². The molecule has 0 aliphatic heterocycles. The van der Waals surface area contributed by atoms with E-state index in [4.69, 9.17) is 0 Å². The van der Waals surface area contributed by atoms with Gasteiger partial charge in [-0.15, -0.1) is 0 Å². The van der Waals surface area contributed by atoms with Crippen LogP contribution in [0, 0.1) is 5.82 Å². The monoisotopic (exact) mass is 249 g/mol. The second-order valence-electron chi connectivity index (χ2n) is 4.06. The molecule has 0 heterocycles. The van der Waals surface area contributed by atoms with Gasteiger partial charge in [-0.25, -0.2) is 4.39 Å². The molecular weight excluding hydrogens is 234 g/mol. The average molecular weight is 249 g/mol. The first kappa shape index (κ1) is 14.0. The zero-order valence-corrected chi connectivity index (χ0v) is 9.74. The topological polar surface area (TPSA) is 12.0 Å². The second-order valence-corrected chi connectivity index (χ2v) is 4.06. The zero-order valence-electron chi connectivity index (χ0n) is 9.74. The van der Waals surface area contributed by atoms with E-state index in [1.807, 2.05) is 0 Å². The predicted molar refractivity (Wildman–Crippen MR) is 58.1 cm³/mol. The van der Waals surface area contributed by atoms with Gasteiger partial charge < -0.3 is 5.32 Å². The molecule has 1 nitrogen and oxygen atoms in total. The number of hydrogen-bond acceptors (Lipinski definition) is 1. The van der Waals surface area contributed by atoms with Gasteiger partial charge in [0.2, 0.25) is 0 Å². The smallest absolute Gasteiger partial charge is 0.300 e. The molecule has 0 aliphatic carbocycles. The highest BCUT2D eigenvalue weighted by Gasteiger charge is 2.51. The number of nitrogens with one attached hydrogen (secondary N) is 1. The molecule has 0 radical (unpaired) electrons. The number of rotatable bonds is 4. The van der Waals surface area contributed by atoms with Gasteiger partial charge >= 0.3 is 6.18 Å². The lowest BCUT2D eigenvalue weighted by molar-refractivity contribution is -0.195. The molecule has 0 aliphatic rings. The molecule has 1 N–H and O–H groups in total. The van der Waals surface area contributed by atoms with E-state index in [9.17, 15) is 17.6 Å². The van der Waals surface area contributed by atoms with Crippen LogP contribution in [-0.2, 0) is 5.54 Å². The first-order valence-corrected chi connectivity index (χ1v) is 5.39. The van der Waals surface area contributed by atoms with Crippen molar-refractivity contribution in [3.63, 3.8) is 0 Å². The maximum absolute atomic E-state index is 13.1. The Morgan fingerprint density at radius 3 is 2.35 bits per heavy atom. The lowest BCUT2D eigenvalue weighted by Gasteiger charge is -2.33. The molecule has 1 aromatic carbocycles.